The quantitative estimate of drug-likeness (QED) is 0.800. The second-order valence-corrected chi connectivity index (χ2v) is 3.52. The molecule has 1 heterocycles. The second kappa shape index (κ2) is 5.29. The van der Waals surface area contributed by atoms with Gasteiger partial charge in [-0.25, -0.2) is 4.98 Å². The third kappa shape index (κ3) is 3.08. The molecule has 88 valence electrons. The number of nitrogens with zero attached hydrogens (tertiary/aromatic N) is 3. The van der Waals surface area contributed by atoms with E-state index in [1.54, 1.807) is 33.3 Å². The van der Waals surface area contributed by atoms with Gasteiger partial charge in [-0.2, -0.15) is 4.98 Å². The first-order valence-electron chi connectivity index (χ1n) is 4.89. The summed E-state index contributed by atoms with van der Waals surface area (Å²) in [6.07, 6.45) is 1.57. The number of likely N-dealkylation sites (N-methyl/N-ethyl adjacent to an activating group) is 1. The SMILES string of the molecule is COc1ccnc(N[C@@H](C)C(=O)N(C)C)n1. The highest BCUT2D eigenvalue weighted by Gasteiger charge is 2.15. The van der Waals surface area contributed by atoms with E-state index < -0.39 is 0 Å². The van der Waals surface area contributed by atoms with Crippen LogP contribution in [0.25, 0.3) is 0 Å². The van der Waals surface area contributed by atoms with Gasteiger partial charge in [0.2, 0.25) is 17.7 Å². The Balaban J connectivity index is 2.69. The Morgan fingerprint density at radius 3 is 2.81 bits per heavy atom. The van der Waals surface area contributed by atoms with Gasteiger partial charge < -0.3 is 15.0 Å². The molecule has 0 radical (unpaired) electrons. The van der Waals surface area contributed by atoms with Crippen LogP contribution in [0.2, 0.25) is 0 Å². The van der Waals surface area contributed by atoms with E-state index in [1.807, 2.05) is 0 Å². The van der Waals surface area contributed by atoms with Crippen molar-refractivity contribution in [3.8, 4) is 5.88 Å². The number of carbonyl (C=O) groups is 1. The number of hydrogen-bond acceptors (Lipinski definition) is 5. The highest BCUT2D eigenvalue weighted by molar-refractivity contribution is 5.83. The number of ether oxygens (including phenoxy) is 1. The molecular formula is C10H16N4O2. The van der Waals surface area contributed by atoms with Crippen molar-refractivity contribution in [2.24, 2.45) is 0 Å². The van der Waals surface area contributed by atoms with Gasteiger partial charge in [0.05, 0.1) is 7.11 Å². The fourth-order valence-corrected chi connectivity index (χ4v) is 1.17. The molecule has 1 N–H and O–H groups in total. The maximum Gasteiger partial charge on any atom is 0.244 e. The smallest absolute Gasteiger partial charge is 0.244 e. The van der Waals surface area contributed by atoms with Gasteiger partial charge in [0.15, 0.2) is 0 Å². The summed E-state index contributed by atoms with van der Waals surface area (Å²) in [6.45, 7) is 1.76. The van der Waals surface area contributed by atoms with E-state index in [2.05, 4.69) is 15.3 Å². The van der Waals surface area contributed by atoms with Crippen LogP contribution in [0.3, 0.4) is 0 Å². The topological polar surface area (TPSA) is 67.3 Å². The molecule has 1 rings (SSSR count). The van der Waals surface area contributed by atoms with E-state index >= 15 is 0 Å². The van der Waals surface area contributed by atoms with Crippen molar-refractivity contribution in [1.82, 2.24) is 14.9 Å². The van der Waals surface area contributed by atoms with Crippen LogP contribution < -0.4 is 10.1 Å². The molecule has 1 aromatic rings. The zero-order valence-electron chi connectivity index (χ0n) is 9.89. The zero-order chi connectivity index (χ0) is 12.1. The van der Waals surface area contributed by atoms with Crippen LogP contribution in [0, 0.1) is 0 Å². The Hall–Kier alpha value is -1.85. The molecule has 1 amide bonds. The fourth-order valence-electron chi connectivity index (χ4n) is 1.17. The van der Waals surface area contributed by atoms with Gasteiger partial charge in [0, 0.05) is 26.4 Å². The van der Waals surface area contributed by atoms with Crippen molar-refractivity contribution >= 4 is 11.9 Å². The van der Waals surface area contributed by atoms with Crippen LogP contribution >= 0.6 is 0 Å². The van der Waals surface area contributed by atoms with E-state index in [-0.39, 0.29) is 11.9 Å². The molecule has 0 aromatic carbocycles. The van der Waals surface area contributed by atoms with E-state index in [0.29, 0.717) is 11.8 Å². The molecule has 0 bridgehead atoms. The standard InChI is InChI=1S/C10H16N4O2/c1-7(9(15)14(2)3)12-10-11-6-5-8(13-10)16-4/h5-7H,1-4H3,(H,11,12,13)/t7-/m0/s1. The number of nitrogens with one attached hydrogen (secondary N) is 1. The maximum atomic E-state index is 11.6. The zero-order valence-corrected chi connectivity index (χ0v) is 9.89. The molecule has 0 saturated heterocycles. The Kier molecular flexibility index (Phi) is 4.04. The number of rotatable bonds is 4. The van der Waals surface area contributed by atoms with E-state index in [4.69, 9.17) is 4.74 Å². The lowest BCUT2D eigenvalue weighted by Gasteiger charge is -2.17. The lowest BCUT2D eigenvalue weighted by molar-refractivity contribution is -0.129. The Bertz CT molecular complexity index is 368. The largest absolute Gasteiger partial charge is 0.481 e. The van der Waals surface area contributed by atoms with Crippen LogP contribution in [0.4, 0.5) is 5.95 Å². The van der Waals surface area contributed by atoms with E-state index in [0.717, 1.165) is 0 Å². The Morgan fingerprint density at radius 2 is 2.25 bits per heavy atom. The van der Waals surface area contributed by atoms with E-state index in [9.17, 15) is 4.79 Å². The number of amides is 1. The minimum absolute atomic E-state index is 0.0357. The average molecular weight is 224 g/mol. The molecule has 0 aliphatic rings. The second-order valence-electron chi connectivity index (χ2n) is 3.52. The van der Waals surface area contributed by atoms with Crippen molar-refractivity contribution < 1.29 is 9.53 Å². The van der Waals surface area contributed by atoms with E-state index in [1.165, 1.54) is 12.0 Å². The molecule has 0 unspecified atom stereocenters. The van der Waals surface area contributed by atoms with Crippen LogP contribution in [-0.4, -0.2) is 48.0 Å². The average Bonchev–Trinajstić information content (AvgIpc) is 2.28. The van der Waals surface area contributed by atoms with Gasteiger partial charge in [0.1, 0.15) is 6.04 Å². The van der Waals surface area contributed by atoms with Gasteiger partial charge in [-0.05, 0) is 6.92 Å². The maximum absolute atomic E-state index is 11.6. The molecular weight excluding hydrogens is 208 g/mol. The summed E-state index contributed by atoms with van der Waals surface area (Å²) in [7, 11) is 4.93. The Labute approximate surface area is 94.6 Å². The number of hydrogen-bond donors (Lipinski definition) is 1. The summed E-state index contributed by atoms with van der Waals surface area (Å²) in [5.74, 6) is 0.801. The van der Waals surface area contributed by atoms with Gasteiger partial charge in [0.25, 0.3) is 0 Å². The molecule has 0 saturated carbocycles. The highest BCUT2D eigenvalue weighted by Crippen LogP contribution is 2.08. The monoisotopic (exact) mass is 224 g/mol. The molecule has 6 heteroatoms. The number of carbonyl (C=O) groups excluding carboxylic acids is 1. The number of anilines is 1. The molecule has 1 atom stereocenters. The minimum Gasteiger partial charge on any atom is -0.481 e. The lowest BCUT2D eigenvalue weighted by Crippen LogP contribution is -2.37. The first-order chi connectivity index (χ1) is 7.54. The molecule has 0 spiro atoms. The summed E-state index contributed by atoms with van der Waals surface area (Å²) in [5.41, 5.74) is 0. The predicted molar refractivity (Wildman–Crippen MR) is 60.4 cm³/mol. The molecule has 0 aliphatic heterocycles. The first-order valence-corrected chi connectivity index (χ1v) is 4.89. The van der Waals surface area contributed by atoms with Gasteiger partial charge in [-0.1, -0.05) is 0 Å². The van der Waals surface area contributed by atoms with Crippen LogP contribution in [-0.2, 0) is 4.79 Å². The molecule has 0 fully saturated rings. The fraction of sp³-hybridized carbons (Fsp3) is 0.500. The predicted octanol–water partition coefficient (Wildman–Crippen LogP) is 0.374. The summed E-state index contributed by atoms with van der Waals surface area (Å²) in [4.78, 5) is 21.1. The molecule has 6 nitrogen and oxygen atoms in total. The molecule has 1 aromatic heterocycles. The summed E-state index contributed by atoms with van der Waals surface area (Å²) >= 11 is 0. The van der Waals surface area contributed by atoms with Crippen molar-refractivity contribution in [1.29, 1.82) is 0 Å². The number of aromatic nitrogens is 2. The lowest BCUT2D eigenvalue weighted by atomic mass is 10.3. The van der Waals surface area contributed by atoms with Crippen molar-refractivity contribution in [2.45, 2.75) is 13.0 Å². The molecule has 0 aliphatic carbocycles. The minimum atomic E-state index is -0.373. The summed E-state index contributed by atoms with van der Waals surface area (Å²) in [6, 6.07) is 1.27. The van der Waals surface area contributed by atoms with Crippen molar-refractivity contribution in [3.63, 3.8) is 0 Å². The first kappa shape index (κ1) is 12.2. The summed E-state index contributed by atoms with van der Waals surface area (Å²) in [5, 5.41) is 2.90. The van der Waals surface area contributed by atoms with Crippen molar-refractivity contribution in [3.05, 3.63) is 12.3 Å². The Morgan fingerprint density at radius 1 is 1.56 bits per heavy atom. The van der Waals surface area contributed by atoms with Gasteiger partial charge in [-0.3, -0.25) is 4.79 Å². The third-order valence-electron chi connectivity index (χ3n) is 2.00. The third-order valence-corrected chi connectivity index (χ3v) is 2.00. The van der Waals surface area contributed by atoms with Crippen LogP contribution in [0.15, 0.2) is 12.3 Å². The van der Waals surface area contributed by atoms with Gasteiger partial charge >= 0.3 is 0 Å². The normalized spacial score (nSPS) is 11.8. The number of methoxy groups -OCH3 is 1. The molecule has 16 heavy (non-hydrogen) atoms. The van der Waals surface area contributed by atoms with Crippen molar-refractivity contribution in [2.75, 3.05) is 26.5 Å². The van der Waals surface area contributed by atoms with Crippen LogP contribution in [0.1, 0.15) is 6.92 Å². The van der Waals surface area contributed by atoms with Gasteiger partial charge in [-0.15, -0.1) is 0 Å². The summed E-state index contributed by atoms with van der Waals surface area (Å²) < 4.78 is 4.96. The highest BCUT2D eigenvalue weighted by atomic mass is 16.5. The van der Waals surface area contributed by atoms with Crippen LogP contribution in [0.5, 0.6) is 5.88 Å².